The molecule has 0 N–H and O–H groups in total. The molecule has 0 aliphatic carbocycles. The Bertz CT molecular complexity index is 64.0. The van der Waals surface area contributed by atoms with E-state index >= 15 is 0 Å². The molecular formula is C4H6O. The van der Waals surface area contributed by atoms with Crippen LogP contribution >= 0.6 is 0 Å². The summed E-state index contributed by atoms with van der Waals surface area (Å²) in [6.45, 7) is 2.07. The van der Waals surface area contributed by atoms with Gasteiger partial charge in [-0.3, -0.25) is 0 Å². The van der Waals surface area contributed by atoms with E-state index < -0.39 is 0 Å². The molecule has 1 nitrogen and oxygen atoms in total. The first-order valence-electron chi connectivity index (χ1n) is 1.79. The molecule has 5 heavy (non-hydrogen) atoms. The molecule has 1 heterocycles. The van der Waals surface area contributed by atoms with Crippen LogP contribution in [0.3, 0.4) is 0 Å². The van der Waals surface area contributed by atoms with E-state index in [2.05, 4.69) is 11.7 Å². The normalized spacial score (nSPS) is 16.6. The summed E-state index contributed by atoms with van der Waals surface area (Å²) in [6, 6.07) is 0. The Morgan fingerprint density at radius 2 is 2.60 bits per heavy atom. The molecule has 0 aromatic carbocycles. The van der Waals surface area contributed by atoms with Gasteiger partial charge in [-0.25, -0.2) is 0 Å². The summed E-state index contributed by atoms with van der Waals surface area (Å²) in [7, 11) is 0. The van der Waals surface area contributed by atoms with Crippen molar-refractivity contribution in [1.29, 1.82) is 0 Å². The largest absolute Gasteiger partial charge is 0.463 e. The Balaban J connectivity index is 2.22. The van der Waals surface area contributed by atoms with Crippen LogP contribution in [0.4, 0.5) is 0 Å². The van der Waals surface area contributed by atoms with Crippen LogP contribution in [0.2, 0.25) is 0 Å². The highest BCUT2D eigenvalue weighted by molar-refractivity contribution is 5.00. The second-order valence-corrected chi connectivity index (χ2v) is 1.06. The fraction of sp³-hybridized carbons (Fsp3) is 0.500. The van der Waals surface area contributed by atoms with Crippen molar-refractivity contribution in [1.82, 2.24) is 0 Å². The van der Waals surface area contributed by atoms with E-state index in [1.807, 2.05) is 0 Å². The van der Waals surface area contributed by atoms with Gasteiger partial charge in [-0.15, -0.1) is 0 Å². The maximum atomic E-state index is 4.65. The lowest BCUT2D eigenvalue weighted by molar-refractivity contribution is 0.488. The van der Waals surface area contributed by atoms with E-state index in [1.54, 1.807) is 6.26 Å². The van der Waals surface area contributed by atoms with Gasteiger partial charge in [0.2, 0.25) is 0 Å². The van der Waals surface area contributed by atoms with Crippen molar-refractivity contribution in [3.05, 3.63) is 12.0 Å². The molecule has 0 atom stereocenters. The number of hydrogen-bond acceptors (Lipinski definition) is 1. The zero-order valence-corrected chi connectivity index (χ0v) is 3.19. The molecular weight excluding hydrogens is 64.0 g/mol. The van der Waals surface area contributed by atoms with Crippen molar-refractivity contribution in [2.75, 3.05) is 0 Å². The highest BCUT2D eigenvalue weighted by Gasteiger charge is 2.02. The van der Waals surface area contributed by atoms with Crippen molar-refractivity contribution >= 4 is 0 Å². The van der Waals surface area contributed by atoms with Gasteiger partial charge in [0.1, 0.15) is 12.0 Å². The Hall–Kier alpha value is -0.460. The predicted molar refractivity (Wildman–Crippen MR) is 19.5 cm³/mol. The Morgan fingerprint density at radius 1 is 2.00 bits per heavy atom. The zero-order valence-electron chi connectivity index (χ0n) is 3.19. The third-order valence-electron chi connectivity index (χ3n) is 0.633. The van der Waals surface area contributed by atoms with Crippen molar-refractivity contribution in [3.63, 3.8) is 0 Å². The van der Waals surface area contributed by atoms with Gasteiger partial charge in [0.05, 0.1) is 0 Å². The molecule has 28 valence electrons. The van der Waals surface area contributed by atoms with E-state index in [1.165, 1.54) is 0 Å². The van der Waals surface area contributed by atoms with Gasteiger partial charge in [0.25, 0.3) is 0 Å². The van der Waals surface area contributed by atoms with Gasteiger partial charge in [0.15, 0.2) is 0 Å². The molecule has 1 rings (SSSR count). The van der Waals surface area contributed by atoms with Gasteiger partial charge < -0.3 is 4.74 Å². The average Bonchev–Trinajstić information content (AvgIpc) is 2.12. The van der Waals surface area contributed by atoms with Crippen LogP contribution in [0.5, 0.6) is 0 Å². The van der Waals surface area contributed by atoms with E-state index in [4.69, 9.17) is 0 Å². The minimum Gasteiger partial charge on any atom is -0.463 e. The van der Waals surface area contributed by atoms with Crippen LogP contribution in [-0.2, 0) is 4.74 Å². The van der Waals surface area contributed by atoms with Crippen molar-refractivity contribution < 1.29 is 4.74 Å². The van der Waals surface area contributed by atoms with Crippen molar-refractivity contribution in [2.24, 2.45) is 0 Å². The van der Waals surface area contributed by atoms with E-state index in [-0.39, 0.29) is 0 Å². The molecule has 0 saturated carbocycles. The van der Waals surface area contributed by atoms with Crippen LogP contribution in [0.1, 0.15) is 13.3 Å². The first-order valence-corrected chi connectivity index (χ1v) is 1.79. The summed E-state index contributed by atoms with van der Waals surface area (Å²) in [5.74, 6) is 1.13. The summed E-state index contributed by atoms with van der Waals surface area (Å²) < 4.78 is 4.65. The zero-order chi connectivity index (χ0) is 3.70. The number of hydrogen-bond donors (Lipinski definition) is 0. The SMILES string of the molecule is CCC1=CO1. The van der Waals surface area contributed by atoms with Gasteiger partial charge in [-0.2, -0.15) is 0 Å². The van der Waals surface area contributed by atoms with Gasteiger partial charge in [0, 0.05) is 6.42 Å². The summed E-state index contributed by atoms with van der Waals surface area (Å²) in [5.41, 5.74) is 0. The maximum Gasteiger partial charge on any atom is 0.138 e. The molecule has 1 aliphatic heterocycles. The smallest absolute Gasteiger partial charge is 0.138 e. The number of rotatable bonds is 1. The van der Waals surface area contributed by atoms with Gasteiger partial charge in [-0.05, 0) is 0 Å². The predicted octanol–water partition coefficient (Wildman–Crippen LogP) is 1.27. The first-order chi connectivity index (χ1) is 2.43. The Labute approximate surface area is 31.3 Å². The molecule has 0 saturated heterocycles. The summed E-state index contributed by atoms with van der Waals surface area (Å²) in [5, 5.41) is 0. The summed E-state index contributed by atoms with van der Waals surface area (Å²) in [4.78, 5) is 0. The average molecular weight is 70.1 g/mol. The van der Waals surface area contributed by atoms with Gasteiger partial charge in [-0.1, -0.05) is 6.92 Å². The highest BCUT2D eigenvalue weighted by Crippen LogP contribution is 2.15. The van der Waals surface area contributed by atoms with Crippen molar-refractivity contribution in [2.45, 2.75) is 13.3 Å². The minimum atomic E-state index is 1.06. The topological polar surface area (TPSA) is 12.5 Å². The number of allylic oxidation sites excluding steroid dienone is 1. The molecule has 0 radical (unpaired) electrons. The standard InChI is InChI=1S/C4H6O/c1-2-4-3-5-4/h3H,2H2,1H3. The third kappa shape index (κ3) is 0.407. The monoisotopic (exact) mass is 70.0 g/mol. The van der Waals surface area contributed by atoms with Crippen LogP contribution < -0.4 is 0 Å². The second kappa shape index (κ2) is 0.744. The van der Waals surface area contributed by atoms with Crippen LogP contribution in [0.25, 0.3) is 0 Å². The summed E-state index contributed by atoms with van der Waals surface area (Å²) >= 11 is 0. The minimum absolute atomic E-state index is 1.06. The molecule has 0 fully saturated rings. The molecule has 0 amide bonds. The number of ether oxygens (including phenoxy) is 1. The Morgan fingerprint density at radius 3 is 2.60 bits per heavy atom. The first kappa shape index (κ1) is 2.76. The lowest BCUT2D eigenvalue weighted by Crippen LogP contribution is -1.50. The third-order valence-corrected chi connectivity index (χ3v) is 0.633. The van der Waals surface area contributed by atoms with E-state index in [0.29, 0.717) is 0 Å². The molecule has 0 bridgehead atoms. The molecule has 0 aromatic rings. The molecule has 1 heteroatoms. The van der Waals surface area contributed by atoms with E-state index in [0.717, 1.165) is 12.2 Å². The fourth-order valence-electron chi connectivity index (χ4n) is 0.208. The lowest BCUT2D eigenvalue weighted by Gasteiger charge is -1.66. The maximum absolute atomic E-state index is 4.65. The molecule has 0 unspecified atom stereocenters. The van der Waals surface area contributed by atoms with Crippen LogP contribution in [0.15, 0.2) is 12.0 Å². The van der Waals surface area contributed by atoms with Crippen LogP contribution in [-0.4, -0.2) is 0 Å². The lowest BCUT2D eigenvalue weighted by atomic mass is 10.5. The van der Waals surface area contributed by atoms with Crippen molar-refractivity contribution in [3.8, 4) is 0 Å². The fourth-order valence-corrected chi connectivity index (χ4v) is 0.208. The summed E-state index contributed by atoms with van der Waals surface area (Å²) in [6.07, 6.45) is 2.82. The second-order valence-electron chi connectivity index (χ2n) is 1.06. The highest BCUT2D eigenvalue weighted by atomic mass is 16.5. The Kier molecular flexibility index (Phi) is 0.411. The molecule has 1 aliphatic rings. The quantitative estimate of drug-likeness (QED) is 0.452. The van der Waals surface area contributed by atoms with E-state index in [9.17, 15) is 0 Å². The van der Waals surface area contributed by atoms with Gasteiger partial charge >= 0.3 is 0 Å². The van der Waals surface area contributed by atoms with Crippen LogP contribution in [0, 0.1) is 0 Å². The molecule has 0 spiro atoms. The molecule has 0 aromatic heterocycles.